The average molecular weight is 500 g/mol. The molecule has 0 radical (unpaired) electrons. The van der Waals surface area contributed by atoms with Gasteiger partial charge in [0.2, 0.25) is 0 Å². The molecule has 0 fully saturated rings. The van der Waals surface area contributed by atoms with Crippen LogP contribution in [0.3, 0.4) is 0 Å². The maximum atomic E-state index is 14.1. The summed E-state index contributed by atoms with van der Waals surface area (Å²) >= 11 is 2.98. The Bertz CT molecular complexity index is 1060. The van der Waals surface area contributed by atoms with Crippen molar-refractivity contribution < 1.29 is 28.3 Å². The molecule has 0 bridgehead atoms. The van der Waals surface area contributed by atoms with Gasteiger partial charge in [-0.05, 0) is 28.9 Å². The minimum atomic E-state index is -0.900. The smallest absolute Gasteiger partial charge is 0.322 e. The summed E-state index contributed by atoms with van der Waals surface area (Å²) in [6.07, 6.45) is -0.242. The molecule has 0 aliphatic carbocycles. The number of aliphatic hydroxyl groups excluding tert-OH is 1. The first kappa shape index (κ1) is 21.7. The van der Waals surface area contributed by atoms with Crippen LogP contribution >= 0.6 is 15.9 Å². The monoisotopic (exact) mass is 499 g/mol. The summed E-state index contributed by atoms with van der Waals surface area (Å²) in [7, 11) is 1.45. The van der Waals surface area contributed by atoms with Crippen LogP contribution < -0.4 is 5.32 Å². The molecule has 2 N–H and O–H groups in total. The Morgan fingerprint density at radius 2 is 2.13 bits per heavy atom. The zero-order valence-electron chi connectivity index (χ0n) is 16.7. The highest BCUT2D eigenvalue weighted by atomic mass is 79.9. The zero-order chi connectivity index (χ0) is 22.4. The first-order valence-corrected chi connectivity index (χ1v) is 10.3. The molecular formula is C19H20BrF2N5O4. The van der Waals surface area contributed by atoms with Gasteiger partial charge in [0.25, 0.3) is 5.91 Å². The molecule has 0 saturated heterocycles. The second-order valence-electron chi connectivity index (χ2n) is 7.53. The summed E-state index contributed by atoms with van der Waals surface area (Å²) in [5.74, 6) is -2.11. The van der Waals surface area contributed by atoms with E-state index >= 15 is 0 Å². The molecule has 2 aromatic rings. The standard InChI is InChI=1S/C19H20BrF2N5O4/c1-9-3-15-11(17-18(29)25(2)31-10(8-28)6-27(17)24-15)7-26(9)19(30)23-16-4-12(20)13(21)5-14(16)22/h4-5,9-10,28H,3,6-8H2,1-2H3,(H,23,30)/t9-,10+/m1/s1. The highest BCUT2D eigenvalue weighted by molar-refractivity contribution is 9.10. The highest BCUT2D eigenvalue weighted by Gasteiger charge is 2.37. The quantitative estimate of drug-likeness (QED) is 0.617. The van der Waals surface area contributed by atoms with Crippen molar-refractivity contribution in [1.82, 2.24) is 19.7 Å². The van der Waals surface area contributed by atoms with Gasteiger partial charge in [-0.2, -0.15) is 5.10 Å². The van der Waals surface area contributed by atoms with E-state index < -0.39 is 29.7 Å². The maximum absolute atomic E-state index is 14.1. The number of hydroxylamine groups is 2. The molecule has 4 rings (SSSR count). The Hall–Kier alpha value is -2.57. The normalized spacial score (nSPS) is 20.9. The summed E-state index contributed by atoms with van der Waals surface area (Å²) in [4.78, 5) is 32.6. The number of fused-ring (bicyclic) bond motifs is 3. The predicted molar refractivity (Wildman–Crippen MR) is 108 cm³/mol. The molecule has 2 aliphatic rings. The van der Waals surface area contributed by atoms with Gasteiger partial charge >= 0.3 is 6.03 Å². The number of aliphatic hydroxyl groups is 1. The lowest BCUT2D eigenvalue weighted by atomic mass is 9.99. The van der Waals surface area contributed by atoms with Crippen LogP contribution in [0, 0.1) is 11.6 Å². The molecule has 3 amide bonds. The largest absolute Gasteiger partial charge is 0.393 e. The van der Waals surface area contributed by atoms with Crippen LogP contribution in [-0.4, -0.2) is 62.6 Å². The Morgan fingerprint density at radius 3 is 2.84 bits per heavy atom. The van der Waals surface area contributed by atoms with Crippen molar-refractivity contribution in [2.24, 2.45) is 0 Å². The number of hydrogen-bond donors (Lipinski definition) is 2. The lowest BCUT2D eigenvalue weighted by Crippen LogP contribution is -2.45. The molecule has 2 aliphatic heterocycles. The highest BCUT2D eigenvalue weighted by Crippen LogP contribution is 2.30. The van der Waals surface area contributed by atoms with E-state index in [1.807, 2.05) is 6.92 Å². The van der Waals surface area contributed by atoms with E-state index in [2.05, 4.69) is 26.3 Å². The number of benzene rings is 1. The summed E-state index contributed by atoms with van der Waals surface area (Å²) < 4.78 is 29.1. The Balaban J connectivity index is 1.63. The SMILES string of the molecule is C[C@@H]1Cc2nn3c(c2CN1C(=O)Nc1cc(Br)c(F)cc1F)C(=O)N(C)O[C@H](CO)C3. The third kappa shape index (κ3) is 3.90. The minimum Gasteiger partial charge on any atom is -0.393 e. The van der Waals surface area contributed by atoms with Crippen molar-refractivity contribution in [3.63, 3.8) is 0 Å². The van der Waals surface area contributed by atoms with Gasteiger partial charge < -0.3 is 15.3 Å². The van der Waals surface area contributed by atoms with Crippen LogP contribution in [0.1, 0.15) is 28.7 Å². The van der Waals surface area contributed by atoms with E-state index in [1.54, 1.807) is 0 Å². The molecule has 2 atom stereocenters. The first-order valence-electron chi connectivity index (χ1n) is 9.56. The van der Waals surface area contributed by atoms with E-state index in [1.165, 1.54) is 16.6 Å². The van der Waals surface area contributed by atoms with Crippen molar-refractivity contribution in [2.45, 2.75) is 38.6 Å². The molecule has 0 spiro atoms. The number of hydrogen-bond acceptors (Lipinski definition) is 5. The predicted octanol–water partition coefficient (Wildman–Crippen LogP) is 2.28. The first-order chi connectivity index (χ1) is 14.7. The zero-order valence-corrected chi connectivity index (χ0v) is 18.3. The van der Waals surface area contributed by atoms with Gasteiger partial charge in [-0.3, -0.25) is 14.3 Å². The number of amides is 3. The molecule has 3 heterocycles. The topological polar surface area (TPSA) is 99.9 Å². The van der Waals surface area contributed by atoms with Crippen LogP contribution in [0.2, 0.25) is 0 Å². The Labute approximate surface area is 184 Å². The summed E-state index contributed by atoms with van der Waals surface area (Å²) in [5.41, 5.74) is 1.38. The molecule has 31 heavy (non-hydrogen) atoms. The van der Waals surface area contributed by atoms with E-state index in [4.69, 9.17) is 4.84 Å². The molecule has 9 nitrogen and oxygen atoms in total. The fourth-order valence-electron chi connectivity index (χ4n) is 3.78. The number of aromatic nitrogens is 2. The second kappa shape index (κ2) is 8.17. The average Bonchev–Trinajstić information content (AvgIpc) is 3.00. The van der Waals surface area contributed by atoms with Crippen molar-refractivity contribution in [3.05, 3.63) is 45.2 Å². The van der Waals surface area contributed by atoms with E-state index in [-0.39, 0.29) is 41.6 Å². The van der Waals surface area contributed by atoms with Crippen LogP contribution in [0.4, 0.5) is 19.3 Å². The van der Waals surface area contributed by atoms with Crippen molar-refractivity contribution in [1.29, 1.82) is 0 Å². The maximum Gasteiger partial charge on any atom is 0.322 e. The van der Waals surface area contributed by atoms with Crippen LogP contribution in [0.25, 0.3) is 0 Å². The van der Waals surface area contributed by atoms with Crippen molar-refractivity contribution in [3.8, 4) is 0 Å². The lowest BCUT2D eigenvalue weighted by molar-refractivity contribution is -0.159. The van der Waals surface area contributed by atoms with Crippen molar-refractivity contribution >= 4 is 33.6 Å². The number of anilines is 1. The van der Waals surface area contributed by atoms with Gasteiger partial charge in [0.1, 0.15) is 23.4 Å². The van der Waals surface area contributed by atoms with Gasteiger partial charge in [-0.15, -0.1) is 0 Å². The third-order valence-corrected chi connectivity index (χ3v) is 5.98. The van der Waals surface area contributed by atoms with Crippen LogP contribution in [-0.2, 0) is 24.3 Å². The number of rotatable bonds is 2. The van der Waals surface area contributed by atoms with Gasteiger partial charge in [0.05, 0.1) is 35.6 Å². The van der Waals surface area contributed by atoms with E-state index in [0.29, 0.717) is 23.7 Å². The fraction of sp³-hybridized carbons (Fsp3) is 0.421. The number of nitrogens with one attached hydrogen (secondary N) is 1. The van der Waals surface area contributed by atoms with Crippen LogP contribution in [0.15, 0.2) is 16.6 Å². The second-order valence-corrected chi connectivity index (χ2v) is 8.38. The molecule has 0 saturated carbocycles. The molecule has 166 valence electrons. The van der Waals surface area contributed by atoms with E-state index in [0.717, 1.165) is 11.1 Å². The van der Waals surface area contributed by atoms with E-state index in [9.17, 15) is 23.5 Å². The van der Waals surface area contributed by atoms with Gasteiger partial charge in [-0.1, -0.05) is 0 Å². The number of urea groups is 1. The Morgan fingerprint density at radius 1 is 1.39 bits per heavy atom. The summed E-state index contributed by atoms with van der Waals surface area (Å²) in [6.45, 7) is 1.79. The molecule has 0 unspecified atom stereocenters. The van der Waals surface area contributed by atoms with Gasteiger partial charge in [0, 0.05) is 31.1 Å². The number of nitrogens with zero attached hydrogens (tertiary/aromatic N) is 4. The lowest BCUT2D eigenvalue weighted by Gasteiger charge is -2.33. The molecular weight excluding hydrogens is 480 g/mol. The van der Waals surface area contributed by atoms with Crippen molar-refractivity contribution in [2.75, 3.05) is 19.0 Å². The summed E-state index contributed by atoms with van der Waals surface area (Å²) in [6, 6.07) is 0.964. The number of halogens is 3. The van der Waals surface area contributed by atoms with Crippen LogP contribution in [0.5, 0.6) is 0 Å². The molecule has 1 aromatic heterocycles. The molecule has 1 aromatic carbocycles. The summed E-state index contributed by atoms with van der Waals surface area (Å²) in [5, 5.41) is 17.5. The number of carbonyl (C=O) groups excluding carboxylic acids is 2. The van der Waals surface area contributed by atoms with Gasteiger partial charge in [0.15, 0.2) is 0 Å². The van der Waals surface area contributed by atoms with Gasteiger partial charge in [-0.25, -0.2) is 18.6 Å². The molecule has 12 heteroatoms. The third-order valence-electron chi connectivity index (χ3n) is 5.37. The Kier molecular flexibility index (Phi) is 5.71. The fourth-order valence-corrected chi connectivity index (χ4v) is 4.13. The number of carbonyl (C=O) groups is 2. The minimum absolute atomic E-state index is 0.0206.